The lowest BCUT2D eigenvalue weighted by atomic mass is 10.1. The van der Waals surface area contributed by atoms with Gasteiger partial charge in [0, 0.05) is 31.0 Å². The van der Waals surface area contributed by atoms with E-state index in [-0.39, 0.29) is 6.10 Å². The van der Waals surface area contributed by atoms with Crippen LogP contribution in [0, 0.1) is 11.3 Å². The Balaban J connectivity index is 0.000000400. The predicted molar refractivity (Wildman–Crippen MR) is 154 cm³/mol. The van der Waals surface area contributed by atoms with Gasteiger partial charge in [-0.25, -0.2) is 9.97 Å². The van der Waals surface area contributed by atoms with Crippen LogP contribution in [-0.4, -0.2) is 77.7 Å². The molecule has 15 heteroatoms. The van der Waals surface area contributed by atoms with Crippen LogP contribution in [-0.2, 0) is 20.2 Å². The summed E-state index contributed by atoms with van der Waals surface area (Å²) in [4.78, 5) is 15.9. The quantitative estimate of drug-likeness (QED) is 0.309. The van der Waals surface area contributed by atoms with E-state index in [9.17, 15) is 21.9 Å². The lowest BCUT2D eigenvalue weighted by Crippen LogP contribution is -2.35. The topological polar surface area (TPSA) is 207 Å². The van der Waals surface area contributed by atoms with E-state index in [4.69, 9.17) is 19.4 Å². The highest BCUT2D eigenvalue weighted by atomic mass is 32.2. The van der Waals surface area contributed by atoms with E-state index < -0.39 is 20.2 Å². The average molecular weight is 605 g/mol. The van der Waals surface area contributed by atoms with E-state index in [1.54, 1.807) is 18.3 Å². The third-order valence-electron chi connectivity index (χ3n) is 5.89. The number of hydrogen-bond donors (Lipinski definition) is 4. The first kappa shape index (κ1) is 31.8. The third kappa shape index (κ3) is 12.2. The van der Waals surface area contributed by atoms with Crippen LogP contribution in [0.4, 0.5) is 17.3 Å². The molecule has 41 heavy (non-hydrogen) atoms. The van der Waals surface area contributed by atoms with Crippen molar-refractivity contribution in [3.63, 3.8) is 0 Å². The fraction of sp³-hybridized carbons (Fsp3) is 0.385. The number of anilines is 3. The Morgan fingerprint density at radius 3 is 2.17 bits per heavy atom. The third-order valence-corrected chi connectivity index (χ3v) is 5.89. The molecular formula is C26H32N6O7S2. The summed E-state index contributed by atoms with van der Waals surface area (Å²) >= 11 is 0. The molecule has 0 bridgehead atoms. The molecule has 220 valence electrons. The van der Waals surface area contributed by atoms with Gasteiger partial charge < -0.3 is 15.3 Å². The van der Waals surface area contributed by atoms with Gasteiger partial charge in [0.15, 0.2) is 0 Å². The molecule has 5 rings (SSSR count). The summed E-state index contributed by atoms with van der Waals surface area (Å²) in [5, 5.41) is 22.2. The Morgan fingerprint density at radius 2 is 1.59 bits per heavy atom. The Hall–Kier alpha value is -3.68. The number of pyridine rings is 3. The molecule has 2 fully saturated rings. The second-order valence-corrected chi connectivity index (χ2v) is 12.7. The number of nitrogens with zero attached hydrogens (tertiary/aromatic N) is 5. The van der Waals surface area contributed by atoms with E-state index in [0.717, 1.165) is 42.9 Å². The molecule has 4 heterocycles. The van der Waals surface area contributed by atoms with Gasteiger partial charge in [-0.05, 0) is 67.5 Å². The number of aromatic nitrogens is 3. The van der Waals surface area contributed by atoms with Crippen LogP contribution in [0.15, 0.2) is 48.9 Å². The molecule has 4 N–H and O–H groups in total. The highest BCUT2D eigenvalue weighted by molar-refractivity contribution is 7.85. The van der Waals surface area contributed by atoms with Crippen molar-refractivity contribution in [1.82, 2.24) is 15.0 Å². The summed E-state index contributed by atoms with van der Waals surface area (Å²) in [6.07, 6.45) is 10.5. The lowest BCUT2D eigenvalue weighted by Gasteiger charge is -2.31. The number of rotatable bonds is 5. The van der Waals surface area contributed by atoms with Gasteiger partial charge in [-0.3, -0.25) is 14.1 Å². The smallest absolute Gasteiger partial charge is 0.261 e. The second-order valence-electron chi connectivity index (χ2n) is 9.73. The number of piperidine rings is 1. The average Bonchev–Trinajstić information content (AvgIpc) is 3.73. The molecule has 0 unspecified atom stereocenters. The van der Waals surface area contributed by atoms with Gasteiger partial charge in [0.25, 0.3) is 20.2 Å². The van der Waals surface area contributed by atoms with Gasteiger partial charge in [0.2, 0.25) is 0 Å². The lowest BCUT2D eigenvalue weighted by molar-refractivity contribution is 0.145. The van der Waals surface area contributed by atoms with Gasteiger partial charge in [-0.1, -0.05) is 0 Å². The molecular weight excluding hydrogens is 572 g/mol. The maximum Gasteiger partial charge on any atom is 0.261 e. The molecule has 1 saturated heterocycles. The summed E-state index contributed by atoms with van der Waals surface area (Å²) in [5.41, 5.74) is 4.71. The van der Waals surface area contributed by atoms with Crippen LogP contribution < -0.4 is 10.2 Å². The molecule has 0 aromatic carbocycles. The van der Waals surface area contributed by atoms with E-state index in [2.05, 4.69) is 44.5 Å². The molecule has 0 atom stereocenters. The fourth-order valence-corrected chi connectivity index (χ4v) is 3.98. The molecule has 0 radical (unpaired) electrons. The molecule has 1 saturated carbocycles. The maximum atomic E-state index is 9.80. The molecule has 0 amide bonds. The molecule has 1 aliphatic carbocycles. The molecule has 13 nitrogen and oxygen atoms in total. The zero-order valence-corrected chi connectivity index (χ0v) is 24.2. The van der Waals surface area contributed by atoms with E-state index in [1.807, 2.05) is 12.4 Å². The monoisotopic (exact) mass is 604 g/mol. The summed E-state index contributed by atoms with van der Waals surface area (Å²) in [6.45, 7) is 1.66. The van der Waals surface area contributed by atoms with Crippen LogP contribution >= 0.6 is 0 Å². The molecule has 3 aromatic heterocycles. The van der Waals surface area contributed by atoms with E-state index in [1.165, 1.54) is 18.4 Å². The van der Waals surface area contributed by atoms with E-state index in [0.29, 0.717) is 35.6 Å². The minimum Gasteiger partial charge on any atom is -0.393 e. The van der Waals surface area contributed by atoms with Gasteiger partial charge >= 0.3 is 0 Å². The Morgan fingerprint density at radius 1 is 0.951 bits per heavy atom. The van der Waals surface area contributed by atoms with Crippen LogP contribution in [0.25, 0.3) is 11.3 Å². The molecule has 2 aliphatic rings. The number of aliphatic hydroxyl groups excluding tert-OH is 1. The first-order valence-electron chi connectivity index (χ1n) is 12.6. The van der Waals surface area contributed by atoms with Gasteiger partial charge in [0.1, 0.15) is 11.6 Å². The summed E-state index contributed by atoms with van der Waals surface area (Å²) in [7, 11) is -7.33. The van der Waals surface area contributed by atoms with Crippen molar-refractivity contribution in [3.05, 3.63) is 60.0 Å². The molecule has 3 aromatic rings. The molecule has 0 spiro atoms. The van der Waals surface area contributed by atoms with Gasteiger partial charge in [0.05, 0.1) is 47.8 Å². The van der Waals surface area contributed by atoms with Crippen molar-refractivity contribution in [1.29, 1.82) is 5.26 Å². The predicted octanol–water partition coefficient (Wildman–Crippen LogP) is 3.00. The summed E-state index contributed by atoms with van der Waals surface area (Å²) < 4.78 is 51.7. The number of aliphatic hydroxyl groups is 1. The zero-order chi connectivity index (χ0) is 30.2. The van der Waals surface area contributed by atoms with Crippen molar-refractivity contribution >= 4 is 37.6 Å². The number of nitrogens with one attached hydrogen (secondary N) is 1. The molecule has 1 aliphatic heterocycles. The van der Waals surface area contributed by atoms with Crippen LogP contribution in [0.1, 0.15) is 42.7 Å². The Bertz CT molecular complexity index is 1550. The van der Waals surface area contributed by atoms with Crippen molar-refractivity contribution in [2.45, 2.75) is 37.7 Å². The first-order chi connectivity index (χ1) is 19.2. The van der Waals surface area contributed by atoms with Crippen LogP contribution in [0.3, 0.4) is 0 Å². The summed E-state index contributed by atoms with van der Waals surface area (Å²) in [5.74, 6) is 1.89. The SMILES string of the molecule is CS(=O)(=O)O.CS(=O)(=O)O.N#Cc1ccnc(Nc2cc(C3CC3)cc(-c3cncc(N4CCC(O)CC4)c3)n2)c1. The summed E-state index contributed by atoms with van der Waals surface area (Å²) in [6, 6.07) is 11.9. The van der Waals surface area contributed by atoms with Crippen LogP contribution in [0.2, 0.25) is 0 Å². The maximum absolute atomic E-state index is 9.80. The normalized spacial score (nSPS) is 15.5. The highest BCUT2D eigenvalue weighted by Gasteiger charge is 2.25. The van der Waals surface area contributed by atoms with Crippen molar-refractivity contribution in [3.8, 4) is 17.3 Å². The fourth-order valence-electron chi connectivity index (χ4n) is 3.98. The van der Waals surface area contributed by atoms with Crippen LogP contribution in [0.5, 0.6) is 0 Å². The van der Waals surface area contributed by atoms with Crippen molar-refractivity contribution in [2.24, 2.45) is 0 Å². The van der Waals surface area contributed by atoms with Gasteiger partial charge in [-0.2, -0.15) is 22.1 Å². The van der Waals surface area contributed by atoms with Crippen molar-refractivity contribution in [2.75, 3.05) is 35.8 Å². The minimum absolute atomic E-state index is 0.203. The van der Waals surface area contributed by atoms with E-state index >= 15 is 0 Å². The number of nitriles is 1. The van der Waals surface area contributed by atoms with Gasteiger partial charge in [-0.15, -0.1) is 0 Å². The largest absolute Gasteiger partial charge is 0.393 e. The van der Waals surface area contributed by atoms with Crippen molar-refractivity contribution < 1.29 is 31.0 Å². The highest BCUT2D eigenvalue weighted by Crippen LogP contribution is 2.42. The number of hydrogen-bond acceptors (Lipinski definition) is 11. The zero-order valence-electron chi connectivity index (χ0n) is 22.5. The Labute approximate surface area is 239 Å². The standard InChI is InChI=1S/C24H24N6O.2CH4O3S/c25-13-16-3-6-27-23(9-16)29-24-12-18(17-1-2-17)11-22(28-24)19-10-20(15-26-14-19)30-7-4-21(31)5-8-30;2*1-5(2,3)4/h3,6,9-12,14-15,17,21,31H,1-2,4-5,7-8H2,(H,27,28,29);2*1H3,(H,2,3,4). The minimum atomic E-state index is -3.67. The second kappa shape index (κ2) is 13.8. The first-order valence-corrected chi connectivity index (χ1v) is 16.3. The Kier molecular flexibility index (Phi) is 10.7.